The van der Waals surface area contributed by atoms with Crippen molar-refractivity contribution in [3.8, 4) is 0 Å². The Morgan fingerprint density at radius 3 is 2.52 bits per heavy atom. The quantitative estimate of drug-likeness (QED) is 0.356. The summed E-state index contributed by atoms with van der Waals surface area (Å²) in [6.07, 6.45) is 1.49. The number of carbonyl (C=O) groups excluding carboxylic acids is 1. The summed E-state index contributed by atoms with van der Waals surface area (Å²) in [5, 5.41) is 6.77. The second-order valence-corrected chi connectivity index (χ2v) is 7.15. The zero-order chi connectivity index (χ0) is 17.4. The number of carbonyl (C=O) groups is 1. The van der Waals surface area contributed by atoms with Gasteiger partial charge in [-0.15, -0.1) is 11.3 Å². The normalized spacial score (nSPS) is 11.6. The van der Waals surface area contributed by atoms with Gasteiger partial charge >= 0.3 is 0 Å². The molecule has 2 aromatic carbocycles. The summed E-state index contributed by atoms with van der Waals surface area (Å²) < 4.78 is 0.959. The first kappa shape index (κ1) is 16.1. The molecule has 0 saturated heterocycles. The number of hydrogen-bond acceptors (Lipinski definition) is 3. The van der Waals surface area contributed by atoms with E-state index in [0.717, 1.165) is 21.0 Å². The Morgan fingerprint density at radius 1 is 1.04 bits per heavy atom. The minimum atomic E-state index is -0.352. The van der Waals surface area contributed by atoms with Gasteiger partial charge in [-0.2, -0.15) is 5.10 Å². The van der Waals surface area contributed by atoms with Crippen molar-refractivity contribution in [1.29, 1.82) is 0 Å². The van der Waals surface area contributed by atoms with Gasteiger partial charge in [0.05, 0.1) is 22.0 Å². The molecule has 2 aromatic heterocycles. The molecule has 0 atom stereocenters. The number of rotatable bonds is 3. The summed E-state index contributed by atoms with van der Waals surface area (Å²) in [4.78, 5) is 15.9. The van der Waals surface area contributed by atoms with E-state index in [1.54, 1.807) is 0 Å². The summed E-state index contributed by atoms with van der Waals surface area (Å²) in [5.74, 6) is -0.352. The van der Waals surface area contributed by atoms with Crippen LogP contribution in [-0.4, -0.2) is 17.1 Å². The van der Waals surface area contributed by atoms with E-state index in [2.05, 4.69) is 15.5 Å². The number of aromatic amines is 1. The van der Waals surface area contributed by atoms with Crippen molar-refractivity contribution >= 4 is 67.6 Å². The lowest BCUT2D eigenvalue weighted by Crippen LogP contribution is -2.16. The number of thiophene rings is 1. The van der Waals surface area contributed by atoms with E-state index >= 15 is 0 Å². The van der Waals surface area contributed by atoms with E-state index in [9.17, 15) is 4.79 Å². The number of hydrazone groups is 1. The molecule has 2 N–H and O–H groups in total. The van der Waals surface area contributed by atoms with E-state index in [1.165, 1.54) is 17.6 Å². The average Bonchev–Trinajstić information content (AvgIpc) is 3.14. The highest BCUT2D eigenvalue weighted by Crippen LogP contribution is 2.35. The molecule has 4 aromatic rings. The third-order valence-corrected chi connectivity index (χ3v) is 5.85. The molecule has 124 valence electrons. The number of nitrogens with zero attached hydrogens (tertiary/aromatic N) is 1. The maximum atomic E-state index is 12.3. The maximum absolute atomic E-state index is 12.3. The van der Waals surface area contributed by atoms with E-state index in [0.29, 0.717) is 20.6 Å². The summed E-state index contributed by atoms with van der Waals surface area (Å²) in [5.41, 5.74) is 4.04. The first-order chi connectivity index (χ1) is 12.1. The minimum absolute atomic E-state index is 0.352. The van der Waals surface area contributed by atoms with Crippen molar-refractivity contribution in [2.45, 2.75) is 0 Å². The van der Waals surface area contributed by atoms with Gasteiger partial charge in [-0.1, -0.05) is 59.6 Å². The summed E-state index contributed by atoms with van der Waals surface area (Å²) in [7, 11) is 0. The van der Waals surface area contributed by atoms with Crippen LogP contribution in [0, 0.1) is 0 Å². The number of aromatic nitrogens is 1. The van der Waals surface area contributed by atoms with Crippen LogP contribution < -0.4 is 5.43 Å². The predicted molar refractivity (Wildman–Crippen MR) is 105 cm³/mol. The summed E-state index contributed by atoms with van der Waals surface area (Å²) in [6, 6.07) is 15.3. The predicted octanol–water partition coefficient (Wildman–Crippen LogP) is 5.45. The summed E-state index contributed by atoms with van der Waals surface area (Å²) in [6.45, 7) is 0. The monoisotopic (exact) mass is 387 g/mol. The Bertz CT molecular complexity index is 1130. The van der Waals surface area contributed by atoms with E-state index in [1.807, 2.05) is 48.5 Å². The fourth-order valence-corrected chi connectivity index (χ4v) is 4.25. The van der Waals surface area contributed by atoms with Crippen molar-refractivity contribution in [1.82, 2.24) is 10.4 Å². The van der Waals surface area contributed by atoms with Crippen LogP contribution in [0.2, 0.25) is 10.0 Å². The minimum Gasteiger partial charge on any atom is -0.352 e. The molecule has 0 aliphatic carbocycles. The number of hydrogen-bond donors (Lipinski definition) is 2. The fraction of sp³-hybridized carbons (Fsp3) is 0. The molecule has 0 radical (unpaired) electrons. The highest BCUT2D eigenvalue weighted by atomic mass is 35.5. The number of fused-ring (bicyclic) bond motifs is 2. The Morgan fingerprint density at radius 2 is 1.76 bits per heavy atom. The van der Waals surface area contributed by atoms with Gasteiger partial charge in [0.15, 0.2) is 0 Å². The van der Waals surface area contributed by atoms with Crippen molar-refractivity contribution in [2.75, 3.05) is 0 Å². The standard InChI is InChI=1S/C18H11Cl2N3OS/c19-15-10-5-1-3-7-12(10)22-13(15)9-21-23-18(24)17-16(20)11-6-2-4-8-14(11)25-17/h1-9,22H,(H,23,24)/b21-9-. The number of nitrogens with one attached hydrogen (secondary N) is 2. The maximum Gasteiger partial charge on any atom is 0.283 e. The Kier molecular flexibility index (Phi) is 4.21. The highest BCUT2D eigenvalue weighted by Gasteiger charge is 2.16. The van der Waals surface area contributed by atoms with Crippen LogP contribution >= 0.6 is 34.5 Å². The van der Waals surface area contributed by atoms with E-state index < -0.39 is 0 Å². The van der Waals surface area contributed by atoms with Gasteiger partial charge in [-0.25, -0.2) is 5.43 Å². The van der Waals surface area contributed by atoms with Crippen LogP contribution in [0.4, 0.5) is 0 Å². The van der Waals surface area contributed by atoms with Gasteiger partial charge in [0.25, 0.3) is 5.91 Å². The van der Waals surface area contributed by atoms with E-state index in [-0.39, 0.29) is 5.91 Å². The highest BCUT2D eigenvalue weighted by molar-refractivity contribution is 7.21. The van der Waals surface area contributed by atoms with Crippen LogP contribution in [-0.2, 0) is 0 Å². The molecule has 0 aliphatic rings. The molecule has 1 amide bonds. The first-order valence-corrected chi connectivity index (χ1v) is 8.99. The molecule has 0 aliphatic heterocycles. The van der Waals surface area contributed by atoms with Gasteiger partial charge in [-0.3, -0.25) is 4.79 Å². The van der Waals surface area contributed by atoms with Gasteiger partial charge in [0.1, 0.15) is 4.88 Å². The Labute approximate surface area is 157 Å². The largest absolute Gasteiger partial charge is 0.352 e. The molecule has 0 bridgehead atoms. The smallest absolute Gasteiger partial charge is 0.283 e. The lowest BCUT2D eigenvalue weighted by molar-refractivity contribution is 0.0959. The SMILES string of the molecule is O=C(N/N=C\c1[nH]c2ccccc2c1Cl)c1sc2ccccc2c1Cl. The second-order valence-electron chi connectivity index (χ2n) is 5.34. The molecule has 0 unspecified atom stereocenters. The lowest BCUT2D eigenvalue weighted by Gasteiger charge is -1.97. The molecular formula is C18H11Cl2N3OS. The van der Waals surface area contributed by atoms with Crippen LogP contribution in [0.3, 0.4) is 0 Å². The van der Waals surface area contributed by atoms with Crippen molar-refractivity contribution in [3.05, 3.63) is 69.1 Å². The van der Waals surface area contributed by atoms with Crippen molar-refractivity contribution in [3.63, 3.8) is 0 Å². The summed E-state index contributed by atoms with van der Waals surface area (Å²) >= 11 is 13.9. The molecule has 7 heteroatoms. The molecule has 0 spiro atoms. The number of amides is 1. The van der Waals surface area contributed by atoms with E-state index in [4.69, 9.17) is 23.2 Å². The Balaban J connectivity index is 1.57. The molecule has 4 rings (SSSR count). The fourth-order valence-electron chi connectivity index (χ4n) is 2.58. The number of para-hydroxylation sites is 1. The third kappa shape index (κ3) is 2.91. The van der Waals surface area contributed by atoms with Gasteiger partial charge in [0, 0.05) is 21.0 Å². The topological polar surface area (TPSA) is 57.2 Å². The molecule has 4 nitrogen and oxygen atoms in total. The number of H-pyrrole nitrogens is 1. The van der Waals surface area contributed by atoms with Gasteiger partial charge in [0.2, 0.25) is 0 Å². The first-order valence-electron chi connectivity index (χ1n) is 7.42. The third-order valence-electron chi connectivity index (χ3n) is 3.77. The van der Waals surface area contributed by atoms with Crippen LogP contribution in [0.15, 0.2) is 53.6 Å². The van der Waals surface area contributed by atoms with Crippen LogP contribution in [0.1, 0.15) is 15.4 Å². The lowest BCUT2D eigenvalue weighted by atomic mass is 10.2. The van der Waals surface area contributed by atoms with Crippen molar-refractivity contribution in [2.24, 2.45) is 5.10 Å². The second kappa shape index (κ2) is 6.52. The molecule has 0 saturated carbocycles. The van der Waals surface area contributed by atoms with Crippen molar-refractivity contribution < 1.29 is 4.79 Å². The van der Waals surface area contributed by atoms with Gasteiger partial charge in [-0.05, 0) is 12.1 Å². The molecule has 0 fully saturated rings. The zero-order valence-corrected chi connectivity index (χ0v) is 15.0. The average molecular weight is 388 g/mol. The number of halogens is 2. The van der Waals surface area contributed by atoms with Crippen LogP contribution in [0.25, 0.3) is 21.0 Å². The van der Waals surface area contributed by atoms with Crippen LogP contribution in [0.5, 0.6) is 0 Å². The number of benzene rings is 2. The Hall–Kier alpha value is -2.34. The van der Waals surface area contributed by atoms with Gasteiger partial charge < -0.3 is 4.98 Å². The molecule has 2 heterocycles. The zero-order valence-electron chi connectivity index (χ0n) is 12.7. The molecular weight excluding hydrogens is 377 g/mol. The molecule has 25 heavy (non-hydrogen) atoms.